The van der Waals surface area contributed by atoms with Crippen molar-refractivity contribution in [1.29, 1.82) is 0 Å². The lowest BCUT2D eigenvalue weighted by molar-refractivity contribution is -0.384. The highest BCUT2D eigenvalue weighted by Gasteiger charge is 2.24. The highest BCUT2D eigenvalue weighted by molar-refractivity contribution is 5.95. The number of benzene rings is 2. The van der Waals surface area contributed by atoms with E-state index in [9.17, 15) is 19.3 Å². The van der Waals surface area contributed by atoms with E-state index >= 15 is 0 Å². The number of carbonyl (C=O) groups excluding carboxylic acids is 1. The quantitative estimate of drug-likeness (QED) is 0.551. The maximum absolute atomic E-state index is 13.6. The van der Waals surface area contributed by atoms with Crippen molar-refractivity contribution >= 4 is 17.3 Å². The molecule has 3 rings (SSSR count). The highest BCUT2D eigenvalue weighted by atomic mass is 19.1. The van der Waals surface area contributed by atoms with Gasteiger partial charge in [0, 0.05) is 31.3 Å². The van der Waals surface area contributed by atoms with Crippen LogP contribution in [0.5, 0.6) is 0 Å². The number of carbonyl (C=O) groups is 1. The summed E-state index contributed by atoms with van der Waals surface area (Å²) in [4.78, 5) is 27.5. The molecule has 1 N–H and O–H groups in total. The molecule has 0 radical (unpaired) electrons. The number of hydrogen-bond acceptors (Lipinski definition) is 6. The number of anilines is 1. The Labute approximate surface area is 174 Å². The number of amides is 1. The lowest BCUT2D eigenvalue weighted by Crippen LogP contribution is -2.37. The van der Waals surface area contributed by atoms with Crippen LogP contribution < -0.4 is 10.2 Å². The third-order valence-corrected chi connectivity index (χ3v) is 5.10. The van der Waals surface area contributed by atoms with Gasteiger partial charge >= 0.3 is 0 Å². The molecule has 30 heavy (non-hydrogen) atoms. The summed E-state index contributed by atoms with van der Waals surface area (Å²) >= 11 is 0. The fraction of sp³-hybridized carbons (Fsp3) is 0.381. The summed E-state index contributed by atoms with van der Waals surface area (Å²) in [6.45, 7) is 2.36. The molecule has 1 aliphatic rings. The van der Waals surface area contributed by atoms with Gasteiger partial charge in [0.1, 0.15) is 11.5 Å². The number of likely N-dealkylation sites (N-methyl/N-ethyl adjacent to an activating group) is 1. The van der Waals surface area contributed by atoms with Crippen molar-refractivity contribution in [2.24, 2.45) is 0 Å². The summed E-state index contributed by atoms with van der Waals surface area (Å²) in [5.74, 6) is -0.769. The van der Waals surface area contributed by atoms with E-state index in [2.05, 4.69) is 5.32 Å². The van der Waals surface area contributed by atoms with Gasteiger partial charge in [0.05, 0.1) is 24.2 Å². The Hall–Kier alpha value is -3.04. The van der Waals surface area contributed by atoms with Crippen LogP contribution in [-0.4, -0.2) is 62.7 Å². The van der Waals surface area contributed by atoms with Crippen molar-refractivity contribution in [3.63, 3.8) is 0 Å². The van der Waals surface area contributed by atoms with Gasteiger partial charge in [-0.15, -0.1) is 0 Å². The molecule has 1 saturated heterocycles. The van der Waals surface area contributed by atoms with Crippen LogP contribution in [0, 0.1) is 15.9 Å². The van der Waals surface area contributed by atoms with Crippen molar-refractivity contribution in [1.82, 2.24) is 10.2 Å². The predicted molar refractivity (Wildman–Crippen MR) is 111 cm³/mol. The molecule has 0 aliphatic carbocycles. The Morgan fingerprint density at radius 2 is 2.00 bits per heavy atom. The van der Waals surface area contributed by atoms with E-state index in [0.717, 1.165) is 5.56 Å². The lowest BCUT2D eigenvalue weighted by Gasteiger charge is -2.28. The molecule has 1 heterocycles. The molecule has 0 aromatic heterocycles. The first-order valence-corrected chi connectivity index (χ1v) is 9.68. The maximum Gasteiger partial charge on any atom is 0.293 e. The van der Waals surface area contributed by atoms with Gasteiger partial charge < -0.3 is 19.9 Å². The Kier molecular flexibility index (Phi) is 6.96. The van der Waals surface area contributed by atoms with E-state index in [1.165, 1.54) is 18.2 Å². The minimum atomic E-state index is -0.475. The lowest BCUT2D eigenvalue weighted by atomic mass is 10.1. The molecule has 8 nitrogen and oxygen atoms in total. The van der Waals surface area contributed by atoms with E-state index in [1.807, 2.05) is 23.9 Å². The second-order valence-electron chi connectivity index (χ2n) is 7.30. The molecule has 2 aromatic carbocycles. The molecule has 0 saturated carbocycles. The summed E-state index contributed by atoms with van der Waals surface area (Å²) in [5, 5.41) is 14.4. The van der Waals surface area contributed by atoms with E-state index in [0.29, 0.717) is 32.0 Å². The largest absolute Gasteiger partial charge is 0.378 e. The van der Waals surface area contributed by atoms with E-state index < -0.39 is 10.8 Å². The molecule has 0 spiro atoms. The van der Waals surface area contributed by atoms with Gasteiger partial charge in [-0.2, -0.15) is 0 Å². The third kappa shape index (κ3) is 5.11. The summed E-state index contributed by atoms with van der Waals surface area (Å²) < 4.78 is 18.9. The number of halogens is 1. The minimum absolute atomic E-state index is 0.112. The van der Waals surface area contributed by atoms with Crippen LogP contribution in [-0.2, 0) is 4.74 Å². The number of nitro benzene ring substituents is 1. The van der Waals surface area contributed by atoms with E-state index in [1.54, 1.807) is 24.3 Å². The van der Waals surface area contributed by atoms with Gasteiger partial charge in [-0.25, -0.2) is 4.39 Å². The molecule has 9 heteroatoms. The number of hydrogen-bond donors (Lipinski definition) is 1. The fourth-order valence-corrected chi connectivity index (χ4v) is 3.49. The summed E-state index contributed by atoms with van der Waals surface area (Å²) in [7, 11) is 3.67. The van der Waals surface area contributed by atoms with Crippen molar-refractivity contribution < 1.29 is 18.8 Å². The molecule has 1 aliphatic heterocycles. The normalized spacial score (nSPS) is 15.1. The predicted octanol–water partition coefficient (Wildman–Crippen LogP) is 2.60. The van der Waals surface area contributed by atoms with E-state index in [-0.39, 0.29) is 29.7 Å². The highest BCUT2D eigenvalue weighted by Crippen LogP contribution is 2.30. The molecule has 160 valence electrons. The van der Waals surface area contributed by atoms with Crippen molar-refractivity contribution in [3.05, 3.63) is 69.5 Å². The third-order valence-electron chi connectivity index (χ3n) is 5.10. The Morgan fingerprint density at radius 3 is 2.63 bits per heavy atom. The summed E-state index contributed by atoms with van der Waals surface area (Å²) in [6, 6.07) is 10.5. The first-order chi connectivity index (χ1) is 14.4. The van der Waals surface area contributed by atoms with Gasteiger partial charge in [0.25, 0.3) is 11.6 Å². The van der Waals surface area contributed by atoms with Gasteiger partial charge in [0.15, 0.2) is 0 Å². The van der Waals surface area contributed by atoms with Gasteiger partial charge in [-0.1, -0.05) is 12.1 Å². The molecule has 1 fully saturated rings. The first-order valence-electron chi connectivity index (χ1n) is 9.68. The monoisotopic (exact) mass is 416 g/mol. The van der Waals surface area contributed by atoms with Crippen LogP contribution in [0.1, 0.15) is 22.0 Å². The Balaban J connectivity index is 1.75. The average molecular weight is 416 g/mol. The molecule has 1 atom stereocenters. The van der Waals surface area contributed by atoms with Crippen molar-refractivity contribution in [2.75, 3.05) is 51.8 Å². The van der Waals surface area contributed by atoms with Crippen molar-refractivity contribution in [3.8, 4) is 0 Å². The van der Waals surface area contributed by atoms with Crippen LogP contribution in [0.4, 0.5) is 15.8 Å². The zero-order chi connectivity index (χ0) is 21.7. The first kappa shape index (κ1) is 21.7. The molecule has 2 aromatic rings. The van der Waals surface area contributed by atoms with E-state index in [4.69, 9.17) is 4.74 Å². The van der Waals surface area contributed by atoms with Crippen LogP contribution in [0.2, 0.25) is 0 Å². The van der Waals surface area contributed by atoms with Crippen LogP contribution in [0.25, 0.3) is 0 Å². The number of morpholine rings is 1. The number of nitro groups is 1. The standard InChI is InChI=1S/C21H25FN4O4/c1-24(2)20(15-4-3-5-17(22)12-15)14-23-21(27)16-6-7-18(19(13-16)26(28)29)25-8-10-30-11-9-25/h3-7,12-13,20H,8-11,14H2,1-2H3,(H,23,27). The molecular weight excluding hydrogens is 391 g/mol. The Bertz CT molecular complexity index is 916. The smallest absolute Gasteiger partial charge is 0.293 e. The summed E-state index contributed by atoms with van der Waals surface area (Å²) in [6.07, 6.45) is 0. The number of nitrogens with one attached hydrogen (secondary N) is 1. The van der Waals surface area contributed by atoms with Crippen LogP contribution >= 0.6 is 0 Å². The summed E-state index contributed by atoms with van der Waals surface area (Å²) in [5.41, 5.74) is 1.30. The topological polar surface area (TPSA) is 88.0 Å². The van der Waals surface area contributed by atoms with Gasteiger partial charge in [-0.05, 0) is 43.9 Å². The minimum Gasteiger partial charge on any atom is -0.378 e. The molecular formula is C21H25FN4O4. The van der Waals surface area contributed by atoms with Gasteiger partial charge in [-0.3, -0.25) is 14.9 Å². The number of nitrogens with zero attached hydrogens (tertiary/aromatic N) is 3. The van der Waals surface area contributed by atoms with Crippen LogP contribution in [0.3, 0.4) is 0 Å². The zero-order valence-electron chi connectivity index (χ0n) is 17.0. The van der Waals surface area contributed by atoms with Gasteiger partial charge in [0.2, 0.25) is 0 Å². The number of ether oxygens (including phenoxy) is 1. The van der Waals surface area contributed by atoms with Crippen LogP contribution in [0.15, 0.2) is 42.5 Å². The molecule has 1 amide bonds. The fourth-order valence-electron chi connectivity index (χ4n) is 3.49. The second kappa shape index (κ2) is 9.64. The molecule has 1 unspecified atom stereocenters. The zero-order valence-corrected chi connectivity index (χ0v) is 17.0. The Morgan fingerprint density at radius 1 is 1.27 bits per heavy atom. The second-order valence-corrected chi connectivity index (χ2v) is 7.30. The van der Waals surface area contributed by atoms with Crippen molar-refractivity contribution in [2.45, 2.75) is 6.04 Å². The average Bonchev–Trinajstić information content (AvgIpc) is 2.73. The molecule has 0 bridgehead atoms. The number of rotatable bonds is 7. The maximum atomic E-state index is 13.6. The SMILES string of the molecule is CN(C)C(CNC(=O)c1ccc(N2CCOCC2)c([N+](=O)[O-])c1)c1cccc(F)c1.